The van der Waals surface area contributed by atoms with Crippen molar-refractivity contribution in [1.29, 1.82) is 0 Å². The molecule has 94 valence electrons. The number of ether oxygens (including phenoxy) is 1. The van der Waals surface area contributed by atoms with E-state index in [2.05, 4.69) is 10.2 Å². The van der Waals surface area contributed by atoms with Gasteiger partial charge in [-0.3, -0.25) is 0 Å². The van der Waals surface area contributed by atoms with Gasteiger partial charge in [-0.15, -0.1) is 0 Å². The van der Waals surface area contributed by atoms with E-state index in [-0.39, 0.29) is 11.9 Å². The summed E-state index contributed by atoms with van der Waals surface area (Å²) in [6, 6.07) is 5.11. The van der Waals surface area contributed by atoms with Crippen LogP contribution in [0.15, 0.2) is 18.2 Å². The molecule has 1 N–H and O–H groups in total. The van der Waals surface area contributed by atoms with Gasteiger partial charge in [0, 0.05) is 32.2 Å². The second kappa shape index (κ2) is 5.36. The molecule has 1 saturated heterocycles. The topological polar surface area (TPSA) is 24.5 Å². The monoisotopic (exact) mass is 238 g/mol. The Bertz CT molecular complexity index is 376. The van der Waals surface area contributed by atoms with Crippen LogP contribution in [0.4, 0.5) is 10.1 Å². The number of anilines is 1. The maximum Gasteiger partial charge on any atom is 0.150 e. The first-order valence-electron chi connectivity index (χ1n) is 6.08. The highest BCUT2D eigenvalue weighted by atomic mass is 19.1. The number of nitrogens with one attached hydrogen (secondary N) is 1. The first kappa shape index (κ1) is 12.2. The minimum absolute atomic E-state index is 0.0689. The van der Waals surface area contributed by atoms with Crippen molar-refractivity contribution in [3.05, 3.63) is 24.0 Å². The van der Waals surface area contributed by atoms with Crippen LogP contribution < -0.4 is 15.0 Å². The van der Waals surface area contributed by atoms with Crippen LogP contribution in [-0.4, -0.2) is 32.3 Å². The molecule has 17 heavy (non-hydrogen) atoms. The molecule has 0 amide bonds. The molecular weight excluding hydrogens is 219 g/mol. The van der Waals surface area contributed by atoms with Gasteiger partial charge in [-0.05, 0) is 26.0 Å². The second-order valence-electron chi connectivity index (χ2n) is 4.52. The molecule has 0 spiro atoms. The summed E-state index contributed by atoms with van der Waals surface area (Å²) in [6.07, 6.45) is 0.0689. The Hall–Kier alpha value is -1.29. The molecule has 1 fully saturated rings. The second-order valence-corrected chi connectivity index (χ2v) is 4.52. The van der Waals surface area contributed by atoms with E-state index in [0.717, 1.165) is 26.2 Å². The lowest BCUT2D eigenvalue weighted by Gasteiger charge is -2.29. The summed E-state index contributed by atoms with van der Waals surface area (Å²) >= 11 is 0. The molecule has 2 rings (SSSR count). The molecule has 1 aliphatic heterocycles. The molecule has 0 aromatic heterocycles. The molecule has 1 aromatic rings. The maximum atomic E-state index is 13.9. The molecule has 0 bridgehead atoms. The summed E-state index contributed by atoms with van der Waals surface area (Å²) in [5, 5.41) is 3.25. The Kier molecular flexibility index (Phi) is 3.84. The molecule has 0 radical (unpaired) electrons. The minimum Gasteiger partial charge on any atom is -0.491 e. The predicted molar refractivity (Wildman–Crippen MR) is 67.2 cm³/mol. The highest BCUT2D eigenvalue weighted by molar-refractivity contribution is 5.51. The molecule has 0 unspecified atom stereocenters. The fourth-order valence-corrected chi connectivity index (χ4v) is 2.00. The van der Waals surface area contributed by atoms with Crippen LogP contribution >= 0.6 is 0 Å². The van der Waals surface area contributed by atoms with Gasteiger partial charge in [-0.1, -0.05) is 0 Å². The van der Waals surface area contributed by atoms with E-state index in [9.17, 15) is 4.39 Å². The molecule has 4 heteroatoms. The normalized spacial score (nSPS) is 16.4. The number of benzene rings is 1. The quantitative estimate of drug-likeness (QED) is 0.872. The number of rotatable bonds is 3. The summed E-state index contributed by atoms with van der Waals surface area (Å²) in [7, 11) is 0. The Balaban J connectivity index is 2.13. The van der Waals surface area contributed by atoms with Gasteiger partial charge in [0.25, 0.3) is 0 Å². The van der Waals surface area contributed by atoms with Crippen molar-refractivity contribution in [3.8, 4) is 5.75 Å². The molecule has 0 aliphatic carbocycles. The molecule has 1 aromatic carbocycles. The van der Waals surface area contributed by atoms with Crippen molar-refractivity contribution in [2.75, 3.05) is 31.1 Å². The average molecular weight is 238 g/mol. The highest BCUT2D eigenvalue weighted by Crippen LogP contribution is 2.24. The van der Waals surface area contributed by atoms with E-state index >= 15 is 0 Å². The number of piperazine rings is 1. The number of halogens is 1. The fourth-order valence-electron chi connectivity index (χ4n) is 2.00. The number of hydrogen-bond donors (Lipinski definition) is 1. The van der Waals surface area contributed by atoms with Crippen molar-refractivity contribution in [2.45, 2.75) is 20.0 Å². The van der Waals surface area contributed by atoms with E-state index in [1.54, 1.807) is 6.07 Å². The first-order valence-corrected chi connectivity index (χ1v) is 6.08. The van der Waals surface area contributed by atoms with Crippen molar-refractivity contribution >= 4 is 5.69 Å². The average Bonchev–Trinajstić information content (AvgIpc) is 2.29. The lowest BCUT2D eigenvalue weighted by molar-refractivity contribution is 0.241. The van der Waals surface area contributed by atoms with Crippen LogP contribution in [0.2, 0.25) is 0 Å². The van der Waals surface area contributed by atoms with E-state index in [4.69, 9.17) is 4.74 Å². The van der Waals surface area contributed by atoms with E-state index < -0.39 is 0 Å². The molecule has 3 nitrogen and oxygen atoms in total. The highest BCUT2D eigenvalue weighted by Gasteiger charge is 2.15. The van der Waals surface area contributed by atoms with Gasteiger partial charge in [0.1, 0.15) is 11.6 Å². The Morgan fingerprint density at radius 2 is 2.00 bits per heavy atom. The maximum absolute atomic E-state index is 13.9. The fraction of sp³-hybridized carbons (Fsp3) is 0.538. The van der Waals surface area contributed by atoms with Gasteiger partial charge < -0.3 is 15.0 Å². The van der Waals surface area contributed by atoms with Crippen LogP contribution in [-0.2, 0) is 0 Å². The largest absolute Gasteiger partial charge is 0.491 e. The van der Waals surface area contributed by atoms with Crippen LogP contribution in [0.3, 0.4) is 0 Å². The van der Waals surface area contributed by atoms with Gasteiger partial charge in [0.2, 0.25) is 0 Å². The van der Waals surface area contributed by atoms with E-state index in [1.165, 1.54) is 6.07 Å². The third kappa shape index (κ3) is 3.09. The third-order valence-electron chi connectivity index (χ3n) is 2.75. The van der Waals surface area contributed by atoms with E-state index in [1.807, 2.05) is 19.9 Å². The lowest BCUT2D eigenvalue weighted by Crippen LogP contribution is -2.43. The summed E-state index contributed by atoms with van der Waals surface area (Å²) < 4.78 is 19.4. The third-order valence-corrected chi connectivity index (χ3v) is 2.75. The predicted octanol–water partition coefficient (Wildman–Crippen LogP) is 2.02. The number of nitrogens with zero attached hydrogens (tertiary/aromatic N) is 1. The van der Waals surface area contributed by atoms with Gasteiger partial charge in [0.15, 0.2) is 0 Å². The van der Waals surface area contributed by atoms with Crippen molar-refractivity contribution in [2.24, 2.45) is 0 Å². The molecule has 0 saturated carbocycles. The first-order chi connectivity index (χ1) is 8.16. The van der Waals surface area contributed by atoms with Crippen molar-refractivity contribution < 1.29 is 9.13 Å². The van der Waals surface area contributed by atoms with Crippen molar-refractivity contribution in [3.63, 3.8) is 0 Å². The van der Waals surface area contributed by atoms with Gasteiger partial charge in [-0.2, -0.15) is 0 Å². The smallest absolute Gasteiger partial charge is 0.150 e. The van der Waals surface area contributed by atoms with Gasteiger partial charge in [-0.25, -0.2) is 4.39 Å². The molecular formula is C13H19FN2O. The lowest BCUT2D eigenvalue weighted by atomic mass is 10.2. The zero-order valence-electron chi connectivity index (χ0n) is 10.4. The zero-order chi connectivity index (χ0) is 12.3. The molecule has 1 heterocycles. The molecule has 0 atom stereocenters. The Morgan fingerprint density at radius 3 is 2.59 bits per heavy atom. The van der Waals surface area contributed by atoms with Crippen LogP contribution in [0, 0.1) is 5.82 Å². The summed E-state index contributed by atoms with van der Waals surface area (Å²) in [5.41, 5.74) is 0.669. The SMILES string of the molecule is CC(C)Oc1ccc(N2CCNCC2)c(F)c1. The summed E-state index contributed by atoms with van der Waals surface area (Å²) in [6.45, 7) is 7.38. The van der Waals surface area contributed by atoms with E-state index in [0.29, 0.717) is 11.4 Å². The minimum atomic E-state index is -0.204. The van der Waals surface area contributed by atoms with Gasteiger partial charge in [0.05, 0.1) is 11.8 Å². The Morgan fingerprint density at radius 1 is 1.29 bits per heavy atom. The van der Waals surface area contributed by atoms with Crippen LogP contribution in [0.1, 0.15) is 13.8 Å². The Labute approximate surface area is 102 Å². The summed E-state index contributed by atoms with van der Waals surface area (Å²) in [5.74, 6) is 0.390. The van der Waals surface area contributed by atoms with Crippen LogP contribution in [0.5, 0.6) is 5.75 Å². The number of hydrogen-bond acceptors (Lipinski definition) is 3. The summed E-state index contributed by atoms with van der Waals surface area (Å²) in [4.78, 5) is 2.06. The van der Waals surface area contributed by atoms with Crippen LogP contribution in [0.25, 0.3) is 0 Å². The zero-order valence-corrected chi connectivity index (χ0v) is 10.4. The van der Waals surface area contributed by atoms with Crippen molar-refractivity contribution in [1.82, 2.24) is 5.32 Å². The standard InChI is InChI=1S/C13H19FN2O/c1-10(2)17-11-3-4-13(12(14)9-11)16-7-5-15-6-8-16/h3-4,9-10,15H,5-8H2,1-2H3. The molecule has 1 aliphatic rings. The van der Waals surface area contributed by atoms with Gasteiger partial charge >= 0.3 is 0 Å².